The zero-order chi connectivity index (χ0) is 14.5. The summed E-state index contributed by atoms with van der Waals surface area (Å²) in [6, 6.07) is 1.88. The van der Waals surface area contributed by atoms with Gasteiger partial charge in [0.15, 0.2) is 0 Å². The summed E-state index contributed by atoms with van der Waals surface area (Å²) in [6.45, 7) is 6.84. The Hall–Kier alpha value is -1.85. The summed E-state index contributed by atoms with van der Waals surface area (Å²) in [5, 5.41) is 3.18. The molecule has 1 N–H and O–H groups in total. The van der Waals surface area contributed by atoms with Crippen LogP contribution < -0.4 is 10.2 Å². The minimum absolute atomic E-state index is 0.172. The third kappa shape index (κ3) is 3.59. The molecule has 0 aliphatic carbocycles. The molecule has 0 spiro atoms. The average molecular weight is 277 g/mol. The minimum Gasteiger partial charge on any atom is -0.370 e. The molecule has 0 aromatic carbocycles. The molecule has 0 unspecified atom stereocenters. The standard InChI is InChI=1S/C14H23N5O/c1-4-15-12-9-13(17-11(2)16-12)18(3)10-14(20)19-7-5-6-8-19/h9H,4-8,10H2,1-3H3,(H,15,16,17). The Labute approximate surface area is 120 Å². The number of hydrogen-bond acceptors (Lipinski definition) is 5. The molecule has 1 amide bonds. The van der Waals surface area contributed by atoms with Gasteiger partial charge in [-0.1, -0.05) is 0 Å². The maximum atomic E-state index is 12.1. The van der Waals surface area contributed by atoms with E-state index in [0.717, 1.165) is 44.1 Å². The Morgan fingerprint density at radius 1 is 1.40 bits per heavy atom. The van der Waals surface area contributed by atoms with E-state index in [-0.39, 0.29) is 5.91 Å². The molecule has 1 aromatic heterocycles. The highest BCUT2D eigenvalue weighted by Crippen LogP contribution is 2.15. The minimum atomic E-state index is 0.172. The van der Waals surface area contributed by atoms with E-state index in [1.165, 1.54) is 0 Å². The zero-order valence-corrected chi connectivity index (χ0v) is 12.5. The first-order valence-electron chi connectivity index (χ1n) is 7.18. The number of nitrogens with zero attached hydrogens (tertiary/aromatic N) is 4. The summed E-state index contributed by atoms with van der Waals surface area (Å²) in [4.78, 5) is 24.7. The molecule has 0 bridgehead atoms. The summed E-state index contributed by atoms with van der Waals surface area (Å²) in [6.07, 6.45) is 2.24. The number of amides is 1. The molecule has 0 radical (unpaired) electrons. The van der Waals surface area contributed by atoms with Gasteiger partial charge in [-0.25, -0.2) is 9.97 Å². The Morgan fingerprint density at radius 2 is 2.10 bits per heavy atom. The van der Waals surface area contributed by atoms with Crippen LogP contribution in [0.3, 0.4) is 0 Å². The number of rotatable bonds is 5. The highest BCUT2D eigenvalue weighted by Gasteiger charge is 2.19. The van der Waals surface area contributed by atoms with Crippen molar-refractivity contribution in [1.29, 1.82) is 0 Å². The normalized spacial score (nSPS) is 14.4. The van der Waals surface area contributed by atoms with E-state index in [1.807, 2.05) is 36.8 Å². The summed E-state index contributed by atoms with van der Waals surface area (Å²) in [5.74, 6) is 2.46. The van der Waals surface area contributed by atoms with Gasteiger partial charge in [0, 0.05) is 32.7 Å². The third-order valence-electron chi connectivity index (χ3n) is 3.40. The summed E-state index contributed by atoms with van der Waals surface area (Å²) in [7, 11) is 1.89. The van der Waals surface area contributed by atoms with E-state index in [9.17, 15) is 4.79 Å². The van der Waals surface area contributed by atoms with Crippen LogP contribution in [0.15, 0.2) is 6.07 Å². The number of carbonyl (C=O) groups excluding carboxylic acids is 1. The first-order chi connectivity index (χ1) is 9.60. The molecule has 1 aliphatic rings. The lowest BCUT2D eigenvalue weighted by molar-refractivity contribution is -0.128. The number of carbonyl (C=O) groups is 1. The zero-order valence-electron chi connectivity index (χ0n) is 12.5. The molecule has 6 nitrogen and oxygen atoms in total. The molecule has 1 aromatic rings. The van der Waals surface area contributed by atoms with Crippen LogP contribution in [0.2, 0.25) is 0 Å². The summed E-state index contributed by atoms with van der Waals surface area (Å²) < 4.78 is 0. The number of anilines is 2. The summed E-state index contributed by atoms with van der Waals surface area (Å²) >= 11 is 0. The molecular weight excluding hydrogens is 254 g/mol. The number of likely N-dealkylation sites (N-methyl/N-ethyl adjacent to an activating group) is 1. The third-order valence-corrected chi connectivity index (χ3v) is 3.40. The molecule has 1 saturated heterocycles. The second-order valence-electron chi connectivity index (χ2n) is 5.13. The SMILES string of the molecule is CCNc1cc(N(C)CC(=O)N2CCCC2)nc(C)n1. The fourth-order valence-corrected chi connectivity index (χ4v) is 2.37. The number of hydrogen-bond donors (Lipinski definition) is 1. The molecule has 0 saturated carbocycles. The van der Waals surface area contributed by atoms with Crippen LogP contribution in [0.25, 0.3) is 0 Å². The van der Waals surface area contributed by atoms with Crippen LogP contribution in [-0.4, -0.2) is 54.0 Å². The Bertz CT molecular complexity index is 471. The number of likely N-dealkylation sites (tertiary alicyclic amines) is 1. The van der Waals surface area contributed by atoms with Crippen LogP contribution in [-0.2, 0) is 4.79 Å². The van der Waals surface area contributed by atoms with Gasteiger partial charge < -0.3 is 15.1 Å². The van der Waals surface area contributed by atoms with Crippen molar-refractivity contribution in [3.8, 4) is 0 Å². The number of aryl methyl sites for hydroxylation is 1. The van der Waals surface area contributed by atoms with Crippen molar-refractivity contribution < 1.29 is 4.79 Å². The quantitative estimate of drug-likeness (QED) is 0.878. The van der Waals surface area contributed by atoms with Gasteiger partial charge in [-0.15, -0.1) is 0 Å². The fraction of sp³-hybridized carbons (Fsp3) is 0.643. The monoisotopic (exact) mass is 277 g/mol. The van der Waals surface area contributed by atoms with Gasteiger partial charge in [0.25, 0.3) is 0 Å². The van der Waals surface area contributed by atoms with Gasteiger partial charge in [-0.05, 0) is 26.7 Å². The lowest BCUT2D eigenvalue weighted by Crippen LogP contribution is -2.37. The maximum Gasteiger partial charge on any atom is 0.242 e. The van der Waals surface area contributed by atoms with Crippen molar-refractivity contribution in [2.75, 3.05) is 43.4 Å². The lowest BCUT2D eigenvalue weighted by Gasteiger charge is -2.22. The molecule has 6 heteroatoms. The van der Waals surface area contributed by atoms with E-state index >= 15 is 0 Å². The van der Waals surface area contributed by atoms with E-state index in [0.29, 0.717) is 12.4 Å². The van der Waals surface area contributed by atoms with Gasteiger partial charge in [-0.3, -0.25) is 4.79 Å². The van der Waals surface area contributed by atoms with Crippen LogP contribution in [0.1, 0.15) is 25.6 Å². The van der Waals surface area contributed by atoms with Crippen molar-refractivity contribution in [3.05, 3.63) is 11.9 Å². The molecule has 20 heavy (non-hydrogen) atoms. The first-order valence-corrected chi connectivity index (χ1v) is 7.18. The van der Waals surface area contributed by atoms with E-state index in [1.54, 1.807) is 0 Å². The molecule has 1 aliphatic heterocycles. The van der Waals surface area contributed by atoms with Crippen molar-refractivity contribution >= 4 is 17.5 Å². The van der Waals surface area contributed by atoms with Crippen molar-refractivity contribution in [3.63, 3.8) is 0 Å². The molecule has 110 valence electrons. The molecular formula is C14H23N5O. The Morgan fingerprint density at radius 3 is 2.75 bits per heavy atom. The van der Waals surface area contributed by atoms with Crippen LogP contribution >= 0.6 is 0 Å². The molecule has 1 fully saturated rings. The van der Waals surface area contributed by atoms with Gasteiger partial charge in [0.05, 0.1) is 6.54 Å². The van der Waals surface area contributed by atoms with Gasteiger partial charge >= 0.3 is 0 Å². The van der Waals surface area contributed by atoms with Gasteiger partial charge in [0.1, 0.15) is 17.5 Å². The first kappa shape index (κ1) is 14.6. The second kappa shape index (κ2) is 6.54. The van der Waals surface area contributed by atoms with Crippen LogP contribution in [0.5, 0.6) is 0 Å². The van der Waals surface area contributed by atoms with Gasteiger partial charge in [0.2, 0.25) is 5.91 Å². The summed E-state index contributed by atoms with van der Waals surface area (Å²) in [5.41, 5.74) is 0. The van der Waals surface area contributed by atoms with Crippen LogP contribution in [0.4, 0.5) is 11.6 Å². The van der Waals surface area contributed by atoms with Crippen molar-refractivity contribution in [2.45, 2.75) is 26.7 Å². The maximum absolute atomic E-state index is 12.1. The van der Waals surface area contributed by atoms with Crippen molar-refractivity contribution in [1.82, 2.24) is 14.9 Å². The highest BCUT2D eigenvalue weighted by molar-refractivity contribution is 5.81. The lowest BCUT2D eigenvalue weighted by atomic mass is 10.4. The fourth-order valence-electron chi connectivity index (χ4n) is 2.37. The molecule has 2 rings (SSSR count). The van der Waals surface area contributed by atoms with E-state index < -0.39 is 0 Å². The average Bonchev–Trinajstić information content (AvgIpc) is 2.92. The Kier molecular flexibility index (Phi) is 4.76. The van der Waals surface area contributed by atoms with Crippen molar-refractivity contribution in [2.24, 2.45) is 0 Å². The van der Waals surface area contributed by atoms with Gasteiger partial charge in [-0.2, -0.15) is 0 Å². The number of nitrogens with one attached hydrogen (secondary N) is 1. The van der Waals surface area contributed by atoms with Crippen LogP contribution in [0, 0.1) is 6.92 Å². The largest absolute Gasteiger partial charge is 0.370 e. The predicted octanol–water partition coefficient (Wildman–Crippen LogP) is 1.28. The second-order valence-corrected chi connectivity index (χ2v) is 5.13. The molecule has 2 heterocycles. The predicted molar refractivity (Wildman–Crippen MR) is 80.0 cm³/mol. The molecule has 0 atom stereocenters. The Balaban J connectivity index is 2.04. The highest BCUT2D eigenvalue weighted by atomic mass is 16.2. The van der Waals surface area contributed by atoms with E-state index in [4.69, 9.17) is 0 Å². The topological polar surface area (TPSA) is 61.4 Å². The van der Waals surface area contributed by atoms with E-state index in [2.05, 4.69) is 15.3 Å². The smallest absolute Gasteiger partial charge is 0.242 e. The number of aromatic nitrogens is 2.